The van der Waals surface area contributed by atoms with Gasteiger partial charge in [-0.2, -0.15) is 0 Å². The fourth-order valence-corrected chi connectivity index (χ4v) is 4.76. The van der Waals surface area contributed by atoms with Crippen LogP contribution in [0.4, 0.5) is 0 Å². The van der Waals surface area contributed by atoms with Crippen molar-refractivity contribution in [2.24, 2.45) is 0 Å². The molecule has 3 nitrogen and oxygen atoms in total. The van der Waals surface area contributed by atoms with E-state index in [2.05, 4.69) is 22.9 Å². The van der Waals surface area contributed by atoms with Crippen molar-refractivity contribution in [2.45, 2.75) is 30.7 Å². The first-order valence-corrected chi connectivity index (χ1v) is 7.25. The molecule has 78 valence electrons. The predicted molar refractivity (Wildman–Crippen MR) is 56.0 cm³/mol. The van der Waals surface area contributed by atoms with Crippen LogP contribution in [0.3, 0.4) is 0 Å². The summed E-state index contributed by atoms with van der Waals surface area (Å²) in [5.41, 5.74) is 0. The minimum absolute atomic E-state index is 0.0191. The molecule has 0 aromatic rings. The van der Waals surface area contributed by atoms with E-state index in [4.69, 9.17) is 4.74 Å². The molecule has 0 amide bonds. The molecule has 0 bridgehead atoms. The lowest BCUT2D eigenvalue weighted by Gasteiger charge is -2.12. The van der Waals surface area contributed by atoms with Crippen LogP contribution in [-0.4, -0.2) is 37.5 Å². The van der Waals surface area contributed by atoms with Gasteiger partial charge >= 0.3 is 0 Å². The van der Waals surface area contributed by atoms with Gasteiger partial charge in [0, 0.05) is 6.61 Å². The molecule has 1 aliphatic rings. The molecule has 0 aliphatic carbocycles. The Labute approximate surface area is 87.9 Å². The Hall–Kier alpha value is 0.390. The number of unbranched alkanes of at least 4 members (excludes halogenated alkanes) is 1. The summed E-state index contributed by atoms with van der Waals surface area (Å²) >= 11 is 3.33. The summed E-state index contributed by atoms with van der Waals surface area (Å²) in [5, 5.41) is 0. The van der Waals surface area contributed by atoms with Gasteiger partial charge in [-0.05, 0) is 6.42 Å². The minimum atomic E-state index is -2.85. The normalized spacial score (nSPS) is 32.2. The van der Waals surface area contributed by atoms with Crippen molar-refractivity contribution in [2.75, 3.05) is 18.1 Å². The highest BCUT2D eigenvalue weighted by Gasteiger charge is 2.36. The van der Waals surface area contributed by atoms with Crippen molar-refractivity contribution in [3.8, 4) is 0 Å². The van der Waals surface area contributed by atoms with E-state index in [0.29, 0.717) is 6.61 Å². The largest absolute Gasteiger partial charge is 0.376 e. The Balaban J connectivity index is 2.36. The fraction of sp³-hybridized carbons (Fsp3) is 1.00. The molecular formula is C8H15BrO3S. The molecule has 1 rings (SSSR count). The van der Waals surface area contributed by atoms with Crippen molar-refractivity contribution in [1.82, 2.24) is 0 Å². The third-order valence-electron chi connectivity index (χ3n) is 2.06. The Morgan fingerprint density at radius 3 is 2.62 bits per heavy atom. The SMILES string of the molecule is CCCCOC1CS(=O)(=O)CC1Br. The standard InChI is InChI=1S/C8H15BrO3S/c1-2-3-4-12-8-6-13(10,11)5-7(8)9/h7-8H,2-6H2,1H3. The van der Waals surface area contributed by atoms with Crippen LogP contribution >= 0.6 is 15.9 Å². The van der Waals surface area contributed by atoms with Crippen LogP contribution in [-0.2, 0) is 14.6 Å². The Morgan fingerprint density at radius 2 is 2.15 bits per heavy atom. The maximum absolute atomic E-state index is 11.2. The summed E-state index contributed by atoms with van der Waals surface area (Å²) in [7, 11) is -2.85. The molecule has 1 aliphatic heterocycles. The van der Waals surface area contributed by atoms with Crippen LogP contribution in [0, 0.1) is 0 Å². The highest BCUT2D eigenvalue weighted by Crippen LogP contribution is 2.22. The van der Waals surface area contributed by atoms with Gasteiger partial charge in [0.2, 0.25) is 0 Å². The molecular weight excluding hydrogens is 256 g/mol. The summed E-state index contributed by atoms with van der Waals surface area (Å²) in [6, 6.07) is 0. The Bertz CT molecular complexity index is 250. The van der Waals surface area contributed by atoms with E-state index in [1.54, 1.807) is 0 Å². The maximum Gasteiger partial charge on any atom is 0.154 e. The maximum atomic E-state index is 11.2. The number of rotatable bonds is 4. The average Bonchev–Trinajstić information content (AvgIpc) is 2.25. The van der Waals surface area contributed by atoms with E-state index >= 15 is 0 Å². The second kappa shape index (κ2) is 4.75. The number of hydrogen-bond donors (Lipinski definition) is 0. The zero-order chi connectivity index (χ0) is 9.90. The first kappa shape index (κ1) is 11.5. The van der Waals surface area contributed by atoms with Crippen LogP contribution in [0.1, 0.15) is 19.8 Å². The van der Waals surface area contributed by atoms with E-state index in [0.717, 1.165) is 12.8 Å². The van der Waals surface area contributed by atoms with Crippen molar-refractivity contribution < 1.29 is 13.2 Å². The summed E-state index contributed by atoms with van der Waals surface area (Å²) in [5.74, 6) is 0.385. The van der Waals surface area contributed by atoms with Gasteiger partial charge in [-0.15, -0.1) is 0 Å². The first-order chi connectivity index (χ1) is 6.05. The summed E-state index contributed by atoms with van der Waals surface area (Å²) < 4.78 is 27.8. The second-order valence-electron chi connectivity index (χ2n) is 3.36. The molecule has 0 spiro atoms. The molecule has 5 heteroatoms. The Morgan fingerprint density at radius 1 is 1.46 bits per heavy atom. The molecule has 0 N–H and O–H groups in total. The van der Waals surface area contributed by atoms with Crippen LogP contribution in [0.25, 0.3) is 0 Å². The molecule has 1 fully saturated rings. The Kier molecular flexibility index (Phi) is 4.19. The molecule has 2 unspecified atom stereocenters. The van der Waals surface area contributed by atoms with Gasteiger partial charge in [0.25, 0.3) is 0 Å². The number of sulfone groups is 1. The average molecular weight is 271 g/mol. The van der Waals surface area contributed by atoms with Crippen molar-refractivity contribution in [3.05, 3.63) is 0 Å². The molecule has 0 saturated carbocycles. The van der Waals surface area contributed by atoms with Gasteiger partial charge in [-0.1, -0.05) is 29.3 Å². The van der Waals surface area contributed by atoms with Crippen molar-refractivity contribution in [1.29, 1.82) is 0 Å². The van der Waals surface area contributed by atoms with Gasteiger partial charge in [-0.25, -0.2) is 8.42 Å². The van der Waals surface area contributed by atoms with Gasteiger partial charge in [-0.3, -0.25) is 0 Å². The number of ether oxygens (including phenoxy) is 1. The van der Waals surface area contributed by atoms with E-state index in [1.807, 2.05) is 0 Å². The molecule has 1 saturated heterocycles. The zero-order valence-electron chi connectivity index (χ0n) is 7.70. The zero-order valence-corrected chi connectivity index (χ0v) is 10.1. The van der Waals surface area contributed by atoms with Gasteiger partial charge < -0.3 is 4.74 Å². The molecule has 0 radical (unpaired) electrons. The molecule has 1 heterocycles. The van der Waals surface area contributed by atoms with Gasteiger partial charge in [0.1, 0.15) is 0 Å². The van der Waals surface area contributed by atoms with Crippen molar-refractivity contribution in [3.63, 3.8) is 0 Å². The van der Waals surface area contributed by atoms with Crippen LogP contribution in [0.5, 0.6) is 0 Å². The number of alkyl halides is 1. The molecule has 13 heavy (non-hydrogen) atoms. The first-order valence-electron chi connectivity index (χ1n) is 4.51. The molecule has 2 atom stereocenters. The molecule has 0 aromatic carbocycles. The summed E-state index contributed by atoms with van der Waals surface area (Å²) in [6.07, 6.45) is 1.93. The fourth-order valence-electron chi connectivity index (χ4n) is 1.30. The highest BCUT2D eigenvalue weighted by atomic mass is 79.9. The summed E-state index contributed by atoms with van der Waals surface area (Å²) in [4.78, 5) is -0.0191. The van der Waals surface area contributed by atoms with Crippen LogP contribution in [0.2, 0.25) is 0 Å². The van der Waals surface area contributed by atoms with Gasteiger partial charge in [0.05, 0.1) is 22.4 Å². The third kappa shape index (κ3) is 3.56. The van der Waals surface area contributed by atoms with Crippen LogP contribution < -0.4 is 0 Å². The lowest BCUT2D eigenvalue weighted by molar-refractivity contribution is 0.0734. The smallest absolute Gasteiger partial charge is 0.154 e. The van der Waals surface area contributed by atoms with Gasteiger partial charge in [0.15, 0.2) is 9.84 Å². The second-order valence-corrected chi connectivity index (χ2v) is 6.69. The number of halogens is 1. The highest BCUT2D eigenvalue weighted by molar-refractivity contribution is 9.09. The van der Waals surface area contributed by atoms with E-state index in [9.17, 15) is 8.42 Å². The number of hydrogen-bond acceptors (Lipinski definition) is 3. The van der Waals surface area contributed by atoms with E-state index < -0.39 is 9.84 Å². The lowest BCUT2D eigenvalue weighted by atomic mass is 10.3. The summed E-state index contributed by atoms with van der Waals surface area (Å²) in [6.45, 7) is 2.75. The van der Waals surface area contributed by atoms with Crippen LogP contribution in [0.15, 0.2) is 0 Å². The quantitative estimate of drug-likeness (QED) is 0.573. The van der Waals surface area contributed by atoms with Crippen molar-refractivity contribution >= 4 is 25.8 Å². The van der Waals surface area contributed by atoms with E-state index in [1.165, 1.54) is 0 Å². The van der Waals surface area contributed by atoms with E-state index in [-0.39, 0.29) is 22.4 Å². The monoisotopic (exact) mass is 270 g/mol. The topological polar surface area (TPSA) is 43.4 Å². The lowest BCUT2D eigenvalue weighted by Crippen LogP contribution is -2.22. The third-order valence-corrected chi connectivity index (χ3v) is 5.11. The molecule has 0 aromatic heterocycles. The minimum Gasteiger partial charge on any atom is -0.376 e. The predicted octanol–water partition coefficient (Wildman–Crippen LogP) is 1.36.